The summed E-state index contributed by atoms with van der Waals surface area (Å²) in [6.07, 6.45) is 0.317. The number of methoxy groups -OCH3 is 1. The Kier molecular flexibility index (Phi) is 4.39. The van der Waals surface area contributed by atoms with Crippen molar-refractivity contribution in [2.75, 3.05) is 20.7 Å². The van der Waals surface area contributed by atoms with Crippen molar-refractivity contribution in [2.45, 2.75) is 19.4 Å². The van der Waals surface area contributed by atoms with Gasteiger partial charge in [0.25, 0.3) is 0 Å². The minimum absolute atomic E-state index is 0.0703. The van der Waals surface area contributed by atoms with Gasteiger partial charge in [-0.25, -0.2) is 0 Å². The largest absolute Gasteiger partial charge is 0.497 e. The highest BCUT2D eigenvalue weighted by molar-refractivity contribution is 6.03. The number of carbonyl (C=O) groups excluding carboxylic acids is 2. The zero-order chi connectivity index (χ0) is 14.7. The number of likely N-dealkylation sites (N-methyl/N-ethyl adjacent to an activating group) is 1. The number of nitrogens with one attached hydrogen (secondary N) is 1. The third kappa shape index (κ3) is 2.82. The van der Waals surface area contributed by atoms with E-state index < -0.39 is 0 Å². The van der Waals surface area contributed by atoms with Crippen molar-refractivity contribution in [1.82, 2.24) is 10.2 Å². The van der Waals surface area contributed by atoms with Crippen molar-refractivity contribution >= 4 is 11.8 Å². The van der Waals surface area contributed by atoms with Crippen LogP contribution < -0.4 is 10.1 Å². The van der Waals surface area contributed by atoms with Crippen molar-refractivity contribution in [3.05, 3.63) is 29.8 Å². The Hall–Kier alpha value is -1.88. The monoisotopic (exact) mass is 276 g/mol. The Labute approximate surface area is 118 Å². The highest BCUT2D eigenvalue weighted by Gasteiger charge is 2.36. The lowest BCUT2D eigenvalue weighted by Crippen LogP contribution is -2.37. The van der Waals surface area contributed by atoms with Gasteiger partial charge in [0.1, 0.15) is 5.75 Å². The molecule has 5 heteroatoms. The van der Waals surface area contributed by atoms with E-state index in [0.29, 0.717) is 13.0 Å². The number of likely N-dealkylation sites (tertiary alicyclic amines) is 1. The van der Waals surface area contributed by atoms with Gasteiger partial charge in [-0.1, -0.05) is 19.1 Å². The fraction of sp³-hybridized carbons (Fsp3) is 0.467. The molecule has 0 aliphatic carbocycles. The lowest BCUT2D eigenvalue weighted by Gasteiger charge is -2.23. The maximum atomic E-state index is 12.0. The molecule has 1 heterocycles. The summed E-state index contributed by atoms with van der Waals surface area (Å²) in [6.45, 7) is 2.16. The number of amides is 2. The summed E-state index contributed by atoms with van der Waals surface area (Å²) < 4.78 is 5.13. The molecular weight excluding hydrogens is 256 g/mol. The van der Waals surface area contributed by atoms with E-state index in [1.54, 1.807) is 14.0 Å². The van der Waals surface area contributed by atoms with Gasteiger partial charge < -0.3 is 10.1 Å². The molecule has 1 N–H and O–H groups in total. The topological polar surface area (TPSA) is 58.6 Å². The van der Waals surface area contributed by atoms with Crippen LogP contribution in [0.5, 0.6) is 5.75 Å². The van der Waals surface area contributed by atoms with E-state index in [1.807, 2.05) is 31.3 Å². The highest BCUT2D eigenvalue weighted by atomic mass is 16.5. The Balaban J connectivity index is 2.12. The van der Waals surface area contributed by atoms with E-state index in [1.165, 1.54) is 4.90 Å². The smallest absolute Gasteiger partial charge is 0.232 e. The fourth-order valence-electron chi connectivity index (χ4n) is 2.42. The molecule has 1 aliphatic rings. The molecule has 2 amide bonds. The number of rotatable bonds is 5. The number of carbonyl (C=O) groups is 2. The molecule has 1 aromatic carbocycles. The second-order valence-corrected chi connectivity index (χ2v) is 5.06. The van der Waals surface area contributed by atoms with Crippen molar-refractivity contribution < 1.29 is 14.3 Å². The van der Waals surface area contributed by atoms with Gasteiger partial charge in [0.15, 0.2) is 0 Å². The van der Waals surface area contributed by atoms with E-state index in [9.17, 15) is 9.59 Å². The molecule has 0 spiro atoms. The third-order valence-corrected chi connectivity index (χ3v) is 3.70. The second kappa shape index (κ2) is 6.05. The molecule has 108 valence electrons. The third-order valence-electron chi connectivity index (χ3n) is 3.70. The number of ether oxygens (including phenoxy) is 1. The van der Waals surface area contributed by atoms with E-state index in [0.717, 1.165) is 11.3 Å². The highest BCUT2D eigenvalue weighted by Crippen LogP contribution is 2.23. The molecule has 20 heavy (non-hydrogen) atoms. The fourth-order valence-corrected chi connectivity index (χ4v) is 2.42. The molecule has 1 aliphatic heterocycles. The molecule has 0 saturated carbocycles. The van der Waals surface area contributed by atoms with Crippen molar-refractivity contribution in [2.24, 2.45) is 5.92 Å². The van der Waals surface area contributed by atoms with Crippen LogP contribution in [0.1, 0.15) is 24.9 Å². The second-order valence-electron chi connectivity index (χ2n) is 5.06. The number of nitrogens with zero attached hydrogens (tertiary/aromatic N) is 1. The van der Waals surface area contributed by atoms with E-state index in [2.05, 4.69) is 5.32 Å². The van der Waals surface area contributed by atoms with Gasteiger partial charge in [0, 0.05) is 18.9 Å². The first-order valence-electron chi connectivity index (χ1n) is 6.72. The standard InChI is InChI=1S/C15H20N2O3/c1-10-8-14(18)17(15(10)19)9-13(16-2)11-4-6-12(20-3)7-5-11/h4-7,10,13,16H,8-9H2,1-3H3. The summed E-state index contributed by atoms with van der Waals surface area (Å²) in [5, 5.41) is 3.15. The quantitative estimate of drug-likeness (QED) is 0.825. The molecule has 2 unspecified atom stereocenters. The molecule has 0 radical (unpaired) electrons. The predicted octanol–water partition coefficient (Wildman–Crippen LogP) is 1.35. The number of imide groups is 1. The molecule has 1 aromatic rings. The predicted molar refractivity (Wildman–Crippen MR) is 75.3 cm³/mol. The van der Waals surface area contributed by atoms with Crippen LogP contribution in [-0.4, -0.2) is 37.4 Å². The molecule has 0 aromatic heterocycles. The molecule has 1 saturated heterocycles. The lowest BCUT2D eigenvalue weighted by molar-refractivity contribution is -0.139. The molecule has 2 atom stereocenters. The minimum atomic E-state index is -0.198. The van der Waals surface area contributed by atoms with Gasteiger partial charge in [0.2, 0.25) is 11.8 Å². The van der Waals surface area contributed by atoms with Gasteiger partial charge in [0.05, 0.1) is 13.2 Å². The normalized spacial score (nSPS) is 20.4. The molecule has 0 bridgehead atoms. The maximum Gasteiger partial charge on any atom is 0.232 e. The van der Waals surface area contributed by atoms with E-state index >= 15 is 0 Å². The minimum Gasteiger partial charge on any atom is -0.497 e. The zero-order valence-electron chi connectivity index (χ0n) is 12.1. The number of hydrogen-bond donors (Lipinski definition) is 1. The molecular formula is C15H20N2O3. The van der Waals surface area contributed by atoms with Gasteiger partial charge >= 0.3 is 0 Å². The van der Waals surface area contributed by atoms with Crippen LogP contribution in [0.25, 0.3) is 0 Å². The zero-order valence-corrected chi connectivity index (χ0v) is 12.1. The average Bonchev–Trinajstić information content (AvgIpc) is 2.70. The van der Waals surface area contributed by atoms with Crippen molar-refractivity contribution in [1.29, 1.82) is 0 Å². The summed E-state index contributed by atoms with van der Waals surface area (Å²) in [5.41, 5.74) is 1.02. The Bertz CT molecular complexity index is 498. The average molecular weight is 276 g/mol. The van der Waals surface area contributed by atoms with Crippen LogP contribution in [0.2, 0.25) is 0 Å². The summed E-state index contributed by atoms with van der Waals surface area (Å²) in [5.74, 6) is 0.418. The van der Waals surface area contributed by atoms with Crippen molar-refractivity contribution in [3.63, 3.8) is 0 Å². The Morgan fingerprint density at radius 1 is 1.35 bits per heavy atom. The van der Waals surface area contributed by atoms with E-state index in [-0.39, 0.29) is 23.8 Å². The summed E-state index contributed by atoms with van der Waals surface area (Å²) in [6, 6.07) is 7.55. The van der Waals surface area contributed by atoms with Gasteiger partial charge in [-0.05, 0) is 24.7 Å². The summed E-state index contributed by atoms with van der Waals surface area (Å²) in [4.78, 5) is 25.1. The Morgan fingerprint density at radius 3 is 2.45 bits per heavy atom. The number of benzene rings is 1. The van der Waals surface area contributed by atoms with Gasteiger partial charge in [-0.2, -0.15) is 0 Å². The van der Waals surface area contributed by atoms with Crippen molar-refractivity contribution in [3.8, 4) is 5.75 Å². The SMILES string of the molecule is CNC(CN1C(=O)CC(C)C1=O)c1ccc(OC)cc1. The van der Waals surface area contributed by atoms with Crippen LogP contribution in [0.4, 0.5) is 0 Å². The van der Waals surface area contributed by atoms with Gasteiger partial charge in [-0.15, -0.1) is 0 Å². The Morgan fingerprint density at radius 2 is 2.00 bits per heavy atom. The first-order valence-corrected chi connectivity index (χ1v) is 6.72. The summed E-state index contributed by atoms with van der Waals surface area (Å²) in [7, 11) is 3.44. The lowest BCUT2D eigenvalue weighted by atomic mass is 10.1. The first-order chi connectivity index (χ1) is 9.56. The van der Waals surface area contributed by atoms with Gasteiger partial charge in [-0.3, -0.25) is 14.5 Å². The summed E-state index contributed by atoms with van der Waals surface area (Å²) >= 11 is 0. The molecule has 5 nitrogen and oxygen atoms in total. The van der Waals surface area contributed by atoms with Crippen LogP contribution >= 0.6 is 0 Å². The first kappa shape index (κ1) is 14.5. The maximum absolute atomic E-state index is 12.0. The van der Waals surface area contributed by atoms with E-state index in [4.69, 9.17) is 4.74 Å². The van der Waals surface area contributed by atoms with Crippen LogP contribution in [0.3, 0.4) is 0 Å². The van der Waals surface area contributed by atoms with Crippen LogP contribution in [0.15, 0.2) is 24.3 Å². The van der Waals surface area contributed by atoms with Crippen LogP contribution in [0, 0.1) is 5.92 Å². The number of hydrogen-bond acceptors (Lipinski definition) is 4. The molecule has 2 rings (SSSR count). The van der Waals surface area contributed by atoms with Crippen LogP contribution in [-0.2, 0) is 9.59 Å². The molecule has 1 fully saturated rings.